The van der Waals surface area contributed by atoms with Crippen LogP contribution in [0, 0.1) is 0 Å². The summed E-state index contributed by atoms with van der Waals surface area (Å²) in [6.45, 7) is 2.09. The summed E-state index contributed by atoms with van der Waals surface area (Å²) < 4.78 is 5.18. The van der Waals surface area contributed by atoms with Gasteiger partial charge in [-0.1, -0.05) is 13.3 Å². The summed E-state index contributed by atoms with van der Waals surface area (Å²) in [6.07, 6.45) is 4.38. The minimum Gasteiger partial charge on any atom is -0.497 e. The number of hydrogen-bond donors (Lipinski definition) is 1. The first-order valence-corrected chi connectivity index (χ1v) is 5.94. The minimum atomic E-state index is 0.200. The SMILES string of the molecule is CCCCC(=O)c1c[nH]c2ccc(OC)cc12. The first-order valence-electron chi connectivity index (χ1n) is 5.94. The van der Waals surface area contributed by atoms with Crippen LogP contribution < -0.4 is 4.74 Å². The third-order valence-electron chi connectivity index (χ3n) is 2.95. The summed E-state index contributed by atoms with van der Waals surface area (Å²) in [6, 6.07) is 5.73. The summed E-state index contributed by atoms with van der Waals surface area (Å²) in [5.41, 5.74) is 1.75. The summed E-state index contributed by atoms with van der Waals surface area (Å²) in [5.74, 6) is 0.980. The van der Waals surface area contributed by atoms with E-state index in [1.165, 1.54) is 0 Å². The van der Waals surface area contributed by atoms with E-state index in [2.05, 4.69) is 11.9 Å². The fourth-order valence-corrected chi connectivity index (χ4v) is 1.93. The first kappa shape index (κ1) is 11.7. The molecule has 2 rings (SSSR count). The average Bonchev–Trinajstić information content (AvgIpc) is 2.78. The molecule has 0 saturated carbocycles. The molecular weight excluding hydrogens is 214 g/mol. The van der Waals surface area contributed by atoms with E-state index in [9.17, 15) is 4.79 Å². The Bertz CT molecular complexity index is 528. The second kappa shape index (κ2) is 5.04. The molecule has 0 radical (unpaired) electrons. The minimum absolute atomic E-state index is 0.200. The number of methoxy groups -OCH3 is 1. The Hall–Kier alpha value is -1.77. The molecule has 3 nitrogen and oxygen atoms in total. The van der Waals surface area contributed by atoms with Gasteiger partial charge < -0.3 is 9.72 Å². The summed E-state index contributed by atoms with van der Waals surface area (Å²) >= 11 is 0. The van der Waals surface area contributed by atoms with Crippen LogP contribution in [0.25, 0.3) is 10.9 Å². The van der Waals surface area contributed by atoms with E-state index < -0.39 is 0 Å². The van der Waals surface area contributed by atoms with E-state index in [1.807, 2.05) is 18.2 Å². The van der Waals surface area contributed by atoms with Gasteiger partial charge >= 0.3 is 0 Å². The molecule has 0 bridgehead atoms. The van der Waals surface area contributed by atoms with Crippen molar-refractivity contribution in [1.82, 2.24) is 4.98 Å². The van der Waals surface area contributed by atoms with Crippen molar-refractivity contribution in [3.63, 3.8) is 0 Å². The molecule has 0 aliphatic rings. The van der Waals surface area contributed by atoms with Crippen LogP contribution in [-0.4, -0.2) is 17.9 Å². The van der Waals surface area contributed by atoms with Gasteiger partial charge in [0.15, 0.2) is 5.78 Å². The number of hydrogen-bond acceptors (Lipinski definition) is 2. The Balaban J connectivity index is 2.36. The number of Topliss-reactive ketones (excluding diaryl/α,β-unsaturated/α-hetero) is 1. The van der Waals surface area contributed by atoms with Crippen molar-refractivity contribution in [3.8, 4) is 5.75 Å². The number of rotatable bonds is 5. The van der Waals surface area contributed by atoms with Crippen LogP contribution in [0.15, 0.2) is 24.4 Å². The van der Waals surface area contributed by atoms with Crippen molar-refractivity contribution in [2.45, 2.75) is 26.2 Å². The number of unbranched alkanes of at least 4 members (excludes halogenated alkanes) is 1. The smallest absolute Gasteiger partial charge is 0.165 e. The Kier molecular flexibility index (Phi) is 3.47. The Labute approximate surface area is 101 Å². The summed E-state index contributed by atoms with van der Waals surface area (Å²) in [7, 11) is 1.63. The van der Waals surface area contributed by atoms with Crippen molar-refractivity contribution in [2.24, 2.45) is 0 Å². The molecule has 0 atom stereocenters. The van der Waals surface area contributed by atoms with Crippen LogP contribution in [0.1, 0.15) is 36.5 Å². The molecular formula is C14H17NO2. The molecule has 90 valence electrons. The number of fused-ring (bicyclic) bond motifs is 1. The zero-order valence-electron chi connectivity index (χ0n) is 10.2. The average molecular weight is 231 g/mol. The maximum absolute atomic E-state index is 12.0. The zero-order chi connectivity index (χ0) is 12.3. The monoisotopic (exact) mass is 231 g/mol. The molecule has 0 saturated heterocycles. The van der Waals surface area contributed by atoms with Gasteiger partial charge in [0, 0.05) is 29.1 Å². The lowest BCUT2D eigenvalue weighted by Crippen LogP contribution is -1.97. The number of ketones is 1. The highest BCUT2D eigenvalue weighted by Gasteiger charge is 2.11. The molecule has 3 heteroatoms. The molecule has 2 aromatic rings. The van der Waals surface area contributed by atoms with Crippen molar-refractivity contribution in [3.05, 3.63) is 30.0 Å². The second-order valence-corrected chi connectivity index (χ2v) is 4.14. The van der Waals surface area contributed by atoms with Gasteiger partial charge in [0.25, 0.3) is 0 Å². The normalized spacial score (nSPS) is 10.7. The Morgan fingerprint density at radius 3 is 2.94 bits per heavy atom. The molecule has 0 spiro atoms. The van der Waals surface area contributed by atoms with E-state index in [0.717, 1.165) is 35.1 Å². The van der Waals surface area contributed by atoms with Crippen LogP contribution in [-0.2, 0) is 0 Å². The fraction of sp³-hybridized carbons (Fsp3) is 0.357. The van der Waals surface area contributed by atoms with Crippen LogP contribution in [0.2, 0.25) is 0 Å². The van der Waals surface area contributed by atoms with Crippen LogP contribution in [0.3, 0.4) is 0 Å². The van der Waals surface area contributed by atoms with Gasteiger partial charge in [-0.25, -0.2) is 0 Å². The predicted molar refractivity (Wildman–Crippen MR) is 68.7 cm³/mol. The van der Waals surface area contributed by atoms with Gasteiger partial charge in [-0.3, -0.25) is 4.79 Å². The predicted octanol–water partition coefficient (Wildman–Crippen LogP) is 3.55. The number of H-pyrrole nitrogens is 1. The summed E-state index contributed by atoms with van der Waals surface area (Å²) in [4.78, 5) is 15.1. The van der Waals surface area contributed by atoms with Crippen LogP contribution in [0.5, 0.6) is 5.75 Å². The molecule has 0 fully saturated rings. The molecule has 17 heavy (non-hydrogen) atoms. The van der Waals surface area contributed by atoms with Gasteiger partial charge in [0.2, 0.25) is 0 Å². The number of ether oxygens (including phenoxy) is 1. The fourth-order valence-electron chi connectivity index (χ4n) is 1.93. The molecule has 1 heterocycles. The number of benzene rings is 1. The molecule has 1 aromatic heterocycles. The van der Waals surface area contributed by atoms with Gasteiger partial charge in [-0.15, -0.1) is 0 Å². The maximum atomic E-state index is 12.0. The van der Waals surface area contributed by atoms with Gasteiger partial charge in [-0.2, -0.15) is 0 Å². The quantitative estimate of drug-likeness (QED) is 0.799. The van der Waals surface area contributed by atoms with Gasteiger partial charge in [0.05, 0.1) is 7.11 Å². The number of carbonyl (C=O) groups excluding carboxylic acids is 1. The highest BCUT2D eigenvalue weighted by atomic mass is 16.5. The lowest BCUT2D eigenvalue weighted by molar-refractivity contribution is 0.0981. The number of aromatic nitrogens is 1. The van der Waals surface area contributed by atoms with Gasteiger partial charge in [-0.05, 0) is 24.6 Å². The van der Waals surface area contributed by atoms with Crippen molar-refractivity contribution in [1.29, 1.82) is 0 Å². The molecule has 1 N–H and O–H groups in total. The van der Waals surface area contributed by atoms with E-state index >= 15 is 0 Å². The topological polar surface area (TPSA) is 42.1 Å². The number of carbonyl (C=O) groups is 1. The van der Waals surface area contributed by atoms with Crippen molar-refractivity contribution >= 4 is 16.7 Å². The lowest BCUT2D eigenvalue weighted by Gasteiger charge is -2.01. The lowest BCUT2D eigenvalue weighted by atomic mass is 10.0. The maximum Gasteiger partial charge on any atom is 0.165 e. The van der Waals surface area contributed by atoms with Crippen LogP contribution >= 0.6 is 0 Å². The van der Waals surface area contributed by atoms with Gasteiger partial charge in [0.1, 0.15) is 5.75 Å². The van der Waals surface area contributed by atoms with E-state index in [1.54, 1.807) is 13.3 Å². The standard InChI is InChI=1S/C14H17NO2/c1-3-4-5-14(16)12-9-15-13-7-6-10(17-2)8-11(12)13/h6-9,15H,3-5H2,1-2H3. The largest absolute Gasteiger partial charge is 0.497 e. The third-order valence-corrected chi connectivity index (χ3v) is 2.95. The molecule has 0 aliphatic carbocycles. The molecule has 0 unspecified atom stereocenters. The first-order chi connectivity index (χ1) is 8.26. The highest BCUT2D eigenvalue weighted by Crippen LogP contribution is 2.24. The van der Waals surface area contributed by atoms with E-state index in [0.29, 0.717) is 6.42 Å². The third kappa shape index (κ3) is 2.33. The highest BCUT2D eigenvalue weighted by molar-refractivity contribution is 6.08. The number of aromatic amines is 1. The summed E-state index contributed by atoms with van der Waals surface area (Å²) in [5, 5.41) is 0.949. The Morgan fingerprint density at radius 1 is 1.41 bits per heavy atom. The molecule has 0 amide bonds. The Morgan fingerprint density at radius 2 is 2.24 bits per heavy atom. The van der Waals surface area contributed by atoms with Crippen LogP contribution in [0.4, 0.5) is 0 Å². The molecule has 1 aromatic carbocycles. The van der Waals surface area contributed by atoms with Crippen molar-refractivity contribution < 1.29 is 9.53 Å². The molecule has 0 aliphatic heterocycles. The second-order valence-electron chi connectivity index (χ2n) is 4.14. The number of nitrogens with one attached hydrogen (secondary N) is 1. The van der Waals surface area contributed by atoms with E-state index in [4.69, 9.17) is 4.74 Å². The van der Waals surface area contributed by atoms with E-state index in [-0.39, 0.29) is 5.78 Å². The van der Waals surface area contributed by atoms with Crippen molar-refractivity contribution in [2.75, 3.05) is 7.11 Å². The zero-order valence-corrected chi connectivity index (χ0v) is 10.2.